The Morgan fingerprint density at radius 1 is 1.22 bits per heavy atom. The molecule has 1 amide bonds. The highest BCUT2D eigenvalue weighted by atomic mass is 32.2. The molecule has 0 spiro atoms. The molecule has 4 rings (SSSR count). The minimum atomic E-state index is -0.239. The Labute approximate surface area is 164 Å². The fourth-order valence-corrected chi connectivity index (χ4v) is 4.31. The molecule has 4 aromatic rings. The summed E-state index contributed by atoms with van der Waals surface area (Å²) < 4.78 is 15.6. The molecule has 0 fully saturated rings. The van der Waals surface area contributed by atoms with Gasteiger partial charge in [0, 0.05) is 40.1 Å². The van der Waals surface area contributed by atoms with Crippen LogP contribution in [0.2, 0.25) is 0 Å². The quantitative estimate of drug-likeness (QED) is 0.465. The second-order valence-corrected chi connectivity index (χ2v) is 7.85. The molecular formula is C20H16FN3OS2. The highest BCUT2D eigenvalue weighted by Crippen LogP contribution is 2.30. The van der Waals surface area contributed by atoms with Gasteiger partial charge in [-0.05, 0) is 23.8 Å². The maximum atomic E-state index is 13.5. The van der Waals surface area contributed by atoms with Crippen molar-refractivity contribution in [3.05, 3.63) is 77.7 Å². The van der Waals surface area contributed by atoms with Gasteiger partial charge in [-0.2, -0.15) is 0 Å². The standard InChI is InChI=1S/C20H16FN3OS2/c21-15-5-3-4-14(10-15)11-24-12-18(16-6-1-2-7-17(16)24)27-13-19(25)23-20-22-8-9-26-20/h1-10,12H,11,13H2,(H,22,23,25). The van der Waals surface area contributed by atoms with E-state index < -0.39 is 0 Å². The van der Waals surface area contributed by atoms with Gasteiger partial charge in [0.15, 0.2) is 5.13 Å². The van der Waals surface area contributed by atoms with E-state index in [-0.39, 0.29) is 11.7 Å². The van der Waals surface area contributed by atoms with E-state index in [2.05, 4.69) is 14.9 Å². The molecular weight excluding hydrogens is 381 g/mol. The van der Waals surface area contributed by atoms with E-state index in [1.54, 1.807) is 18.3 Å². The van der Waals surface area contributed by atoms with E-state index >= 15 is 0 Å². The summed E-state index contributed by atoms with van der Waals surface area (Å²) in [6, 6.07) is 14.7. The summed E-state index contributed by atoms with van der Waals surface area (Å²) in [4.78, 5) is 17.2. The zero-order valence-corrected chi connectivity index (χ0v) is 15.9. The predicted octanol–water partition coefficient (Wildman–Crippen LogP) is 5.02. The number of aromatic nitrogens is 2. The number of thiazole rings is 1. The first-order valence-corrected chi connectivity index (χ1v) is 10.2. The van der Waals surface area contributed by atoms with Crippen LogP contribution in [0.5, 0.6) is 0 Å². The first-order valence-electron chi connectivity index (χ1n) is 8.33. The van der Waals surface area contributed by atoms with Crippen molar-refractivity contribution in [2.45, 2.75) is 11.4 Å². The number of hydrogen-bond donors (Lipinski definition) is 1. The first kappa shape index (κ1) is 17.8. The number of nitrogens with one attached hydrogen (secondary N) is 1. The van der Waals surface area contributed by atoms with Crippen LogP contribution in [0.15, 0.2) is 71.2 Å². The lowest BCUT2D eigenvalue weighted by atomic mass is 10.2. The Hall–Kier alpha value is -2.64. The number of fused-ring (bicyclic) bond motifs is 1. The van der Waals surface area contributed by atoms with Gasteiger partial charge in [-0.15, -0.1) is 23.1 Å². The number of halogens is 1. The van der Waals surface area contributed by atoms with Crippen LogP contribution in [-0.4, -0.2) is 21.2 Å². The fourth-order valence-electron chi connectivity index (χ4n) is 2.87. The maximum absolute atomic E-state index is 13.5. The van der Waals surface area contributed by atoms with Gasteiger partial charge in [0.25, 0.3) is 0 Å². The van der Waals surface area contributed by atoms with Crippen LogP contribution in [0, 0.1) is 5.82 Å². The number of anilines is 1. The summed E-state index contributed by atoms with van der Waals surface area (Å²) in [5.74, 6) is -0.0255. The van der Waals surface area contributed by atoms with Crippen molar-refractivity contribution < 1.29 is 9.18 Å². The predicted molar refractivity (Wildman–Crippen MR) is 109 cm³/mol. The highest BCUT2D eigenvalue weighted by molar-refractivity contribution is 8.00. The Kier molecular flexibility index (Phi) is 5.22. The van der Waals surface area contributed by atoms with Gasteiger partial charge in [0.05, 0.1) is 5.75 Å². The third kappa shape index (κ3) is 4.20. The van der Waals surface area contributed by atoms with Gasteiger partial charge in [0.1, 0.15) is 5.82 Å². The van der Waals surface area contributed by atoms with Crippen LogP contribution < -0.4 is 5.32 Å². The molecule has 0 aliphatic rings. The van der Waals surface area contributed by atoms with Gasteiger partial charge in [0.2, 0.25) is 5.91 Å². The number of carbonyl (C=O) groups excluding carboxylic acids is 1. The van der Waals surface area contributed by atoms with E-state index in [9.17, 15) is 9.18 Å². The summed E-state index contributed by atoms with van der Waals surface area (Å²) in [5, 5.41) is 6.30. The average Bonchev–Trinajstić information content (AvgIpc) is 3.29. The Bertz CT molecular complexity index is 1080. The zero-order valence-electron chi connectivity index (χ0n) is 14.3. The van der Waals surface area contributed by atoms with Crippen LogP contribution in [-0.2, 0) is 11.3 Å². The van der Waals surface area contributed by atoms with Crippen molar-refractivity contribution >= 4 is 45.0 Å². The molecule has 0 radical (unpaired) electrons. The molecule has 0 unspecified atom stereocenters. The number of amides is 1. The lowest BCUT2D eigenvalue weighted by Crippen LogP contribution is -2.13. The summed E-state index contributed by atoms with van der Waals surface area (Å²) >= 11 is 2.88. The number of benzene rings is 2. The molecule has 0 aliphatic heterocycles. The number of nitrogens with zero attached hydrogens (tertiary/aromatic N) is 2. The second-order valence-electron chi connectivity index (χ2n) is 5.94. The first-order chi connectivity index (χ1) is 13.2. The van der Waals surface area contributed by atoms with Crippen molar-refractivity contribution in [3.8, 4) is 0 Å². The van der Waals surface area contributed by atoms with Crippen LogP contribution in [0.25, 0.3) is 10.9 Å². The second kappa shape index (κ2) is 7.94. The molecule has 136 valence electrons. The molecule has 2 aromatic carbocycles. The smallest absolute Gasteiger partial charge is 0.236 e. The van der Waals surface area contributed by atoms with Crippen LogP contribution in [0.3, 0.4) is 0 Å². The number of hydrogen-bond acceptors (Lipinski definition) is 4. The zero-order chi connectivity index (χ0) is 18.6. The molecule has 0 aliphatic carbocycles. The Morgan fingerprint density at radius 2 is 2.11 bits per heavy atom. The highest BCUT2D eigenvalue weighted by Gasteiger charge is 2.12. The largest absolute Gasteiger partial charge is 0.342 e. The van der Waals surface area contributed by atoms with Gasteiger partial charge in [-0.25, -0.2) is 9.37 Å². The minimum absolute atomic E-state index is 0.0862. The molecule has 2 aromatic heterocycles. The third-order valence-electron chi connectivity index (χ3n) is 4.03. The van der Waals surface area contributed by atoms with Crippen LogP contribution >= 0.6 is 23.1 Å². The Morgan fingerprint density at radius 3 is 2.93 bits per heavy atom. The van der Waals surface area contributed by atoms with Crippen molar-refractivity contribution in [1.82, 2.24) is 9.55 Å². The summed E-state index contributed by atoms with van der Waals surface area (Å²) in [6.45, 7) is 0.574. The van der Waals surface area contributed by atoms with Crippen LogP contribution in [0.1, 0.15) is 5.56 Å². The van der Waals surface area contributed by atoms with Gasteiger partial charge < -0.3 is 9.88 Å². The van der Waals surface area contributed by atoms with E-state index in [4.69, 9.17) is 0 Å². The van der Waals surface area contributed by atoms with Gasteiger partial charge in [-0.1, -0.05) is 30.3 Å². The third-order valence-corrected chi connectivity index (χ3v) is 5.76. The van der Waals surface area contributed by atoms with Crippen molar-refractivity contribution in [1.29, 1.82) is 0 Å². The maximum Gasteiger partial charge on any atom is 0.236 e. The summed E-state index contributed by atoms with van der Waals surface area (Å²) in [5.41, 5.74) is 1.96. The Balaban J connectivity index is 1.53. The van der Waals surface area contributed by atoms with Crippen molar-refractivity contribution in [2.75, 3.05) is 11.1 Å². The SMILES string of the molecule is O=C(CSc1cn(Cc2cccc(F)c2)c2ccccc12)Nc1nccs1. The topological polar surface area (TPSA) is 46.9 Å². The van der Waals surface area contributed by atoms with Crippen LogP contribution in [0.4, 0.5) is 9.52 Å². The molecule has 2 heterocycles. The van der Waals surface area contributed by atoms with E-state index in [1.165, 1.54) is 29.2 Å². The van der Waals surface area contributed by atoms with Gasteiger partial charge >= 0.3 is 0 Å². The fraction of sp³-hybridized carbons (Fsp3) is 0.100. The lowest BCUT2D eigenvalue weighted by molar-refractivity contribution is -0.113. The normalized spacial score (nSPS) is 11.0. The molecule has 4 nitrogen and oxygen atoms in total. The molecule has 7 heteroatoms. The number of carbonyl (C=O) groups is 1. The summed E-state index contributed by atoms with van der Waals surface area (Å²) in [7, 11) is 0. The van der Waals surface area contributed by atoms with Gasteiger partial charge in [-0.3, -0.25) is 4.79 Å². The molecule has 0 bridgehead atoms. The van der Waals surface area contributed by atoms with Crippen molar-refractivity contribution in [3.63, 3.8) is 0 Å². The van der Waals surface area contributed by atoms with E-state index in [0.717, 1.165) is 21.4 Å². The van der Waals surface area contributed by atoms with E-state index in [1.807, 2.05) is 41.9 Å². The number of thioether (sulfide) groups is 1. The monoisotopic (exact) mass is 397 g/mol. The molecule has 27 heavy (non-hydrogen) atoms. The minimum Gasteiger partial charge on any atom is -0.342 e. The van der Waals surface area contributed by atoms with Crippen molar-refractivity contribution in [2.24, 2.45) is 0 Å². The molecule has 1 N–H and O–H groups in total. The molecule has 0 saturated carbocycles. The average molecular weight is 398 g/mol. The number of para-hydroxylation sites is 1. The lowest BCUT2D eigenvalue weighted by Gasteiger charge is -2.05. The van der Waals surface area contributed by atoms with E-state index in [0.29, 0.717) is 17.4 Å². The molecule has 0 atom stereocenters. The summed E-state index contributed by atoms with van der Waals surface area (Å²) in [6.07, 6.45) is 3.68. The number of rotatable bonds is 6. The molecule has 0 saturated heterocycles.